The topological polar surface area (TPSA) is 21.3 Å². The highest BCUT2D eigenvalue weighted by atomic mass is 16.5. The SMILES string of the molecule is Cc1ccc2c(c1)Nc1ccccc1CO2. The summed E-state index contributed by atoms with van der Waals surface area (Å²) in [5.41, 5.74) is 4.60. The molecule has 0 unspecified atom stereocenters. The Hall–Kier alpha value is -1.96. The molecule has 0 aromatic heterocycles. The Kier molecular flexibility index (Phi) is 2.07. The van der Waals surface area contributed by atoms with Crippen LogP contribution in [0.5, 0.6) is 5.75 Å². The lowest BCUT2D eigenvalue weighted by Gasteiger charge is -2.08. The molecule has 0 atom stereocenters. The van der Waals surface area contributed by atoms with Gasteiger partial charge in [-0.1, -0.05) is 24.3 Å². The van der Waals surface area contributed by atoms with Crippen molar-refractivity contribution in [1.82, 2.24) is 0 Å². The molecular formula is C14H13NO. The minimum atomic E-state index is 0.624. The van der Waals surface area contributed by atoms with Crippen LogP contribution in [0.3, 0.4) is 0 Å². The molecule has 16 heavy (non-hydrogen) atoms. The fourth-order valence-corrected chi connectivity index (χ4v) is 1.94. The first-order chi connectivity index (χ1) is 7.83. The van der Waals surface area contributed by atoms with E-state index in [2.05, 4.69) is 36.5 Å². The second-order valence-corrected chi connectivity index (χ2v) is 4.07. The molecule has 1 heterocycles. The molecule has 2 aromatic rings. The van der Waals surface area contributed by atoms with E-state index in [4.69, 9.17) is 4.74 Å². The van der Waals surface area contributed by atoms with E-state index in [-0.39, 0.29) is 0 Å². The van der Waals surface area contributed by atoms with Gasteiger partial charge in [0.25, 0.3) is 0 Å². The van der Waals surface area contributed by atoms with Gasteiger partial charge in [-0.25, -0.2) is 0 Å². The van der Waals surface area contributed by atoms with Gasteiger partial charge in [0.15, 0.2) is 0 Å². The van der Waals surface area contributed by atoms with E-state index in [9.17, 15) is 0 Å². The van der Waals surface area contributed by atoms with E-state index in [0.29, 0.717) is 6.61 Å². The van der Waals surface area contributed by atoms with E-state index in [1.807, 2.05) is 18.2 Å². The van der Waals surface area contributed by atoms with Crippen LogP contribution < -0.4 is 10.1 Å². The van der Waals surface area contributed by atoms with Gasteiger partial charge in [-0.3, -0.25) is 0 Å². The third-order valence-corrected chi connectivity index (χ3v) is 2.80. The van der Waals surface area contributed by atoms with Crippen LogP contribution in [0.1, 0.15) is 11.1 Å². The second-order valence-electron chi connectivity index (χ2n) is 4.07. The number of aryl methyl sites for hydroxylation is 1. The first-order valence-electron chi connectivity index (χ1n) is 5.41. The van der Waals surface area contributed by atoms with Crippen molar-refractivity contribution in [2.75, 3.05) is 5.32 Å². The fraction of sp³-hybridized carbons (Fsp3) is 0.143. The van der Waals surface area contributed by atoms with E-state index in [1.54, 1.807) is 0 Å². The van der Waals surface area contributed by atoms with Gasteiger partial charge in [0.1, 0.15) is 12.4 Å². The van der Waals surface area contributed by atoms with Gasteiger partial charge >= 0.3 is 0 Å². The van der Waals surface area contributed by atoms with Crippen molar-refractivity contribution in [3.63, 3.8) is 0 Å². The summed E-state index contributed by atoms with van der Waals surface area (Å²) in [5, 5.41) is 3.42. The highest BCUT2D eigenvalue weighted by Crippen LogP contribution is 2.34. The zero-order valence-corrected chi connectivity index (χ0v) is 9.16. The number of hydrogen-bond donors (Lipinski definition) is 1. The number of nitrogens with one attached hydrogen (secondary N) is 1. The van der Waals surface area contributed by atoms with Crippen molar-refractivity contribution in [1.29, 1.82) is 0 Å². The van der Waals surface area contributed by atoms with Crippen molar-refractivity contribution >= 4 is 11.4 Å². The number of anilines is 2. The standard InChI is InChI=1S/C14H13NO/c1-10-6-7-14-13(8-10)15-12-5-3-2-4-11(12)9-16-14/h2-8,15H,9H2,1H3. The zero-order chi connectivity index (χ0) is 11.0. The van der Waals surface area contributed by atoms with Gasteiger partial charge in [0.2, 0.25) is 0 Å². The fourth-order valence-electron chi connectivity index (χ4n) is 1.94. The molecule has 2 nitrogen and oxygen atoms in total. The summed E-state index contributed by atoms with van der Waals surface area (Å²) < 4.78 is 5.77. The summed E-state index contributed by atoms with van der Waals surface area (Å²) >= 11 is 0. The van der Waals surface area contributed by atoms with E-state index >= 15 is 0 Å². The van der Waals surface area contributed by atoms with Gasteiger partial charge in [-0.15, -0.1) is 0 Å². The van der Waals surface area contributed by atoms with Crippen molar-refractivity contribution < 1.29 is 4.74 Å². The van der Waals surface area contributed by atoms with Crippen LogP contribution in [0.4, 0.5) is 11.4 Å². The molecule has 0 fully saturated rings. The Morgan fingerprint density at radius 1 is 1.06 bits per heavy atom. The highest BCUT2D eigenvalue weighted by Gasteiger charge is 2.12. The maximum Gasteiger partial charge on any atom is 0.143 e. The number of rotatable bonds is 0. The number of ether oxygens (including phenoxy) is 1. The molecule has 2 heteroatoms. The van der Waals surface area contributed by atoms with E-state index in [0.717, 1.165) is 17.1 Å². The monoisotopic (exact) mass is 211 g/mol. The van der Waals surface area contributed by atoms with Gasteiger partial charge in [-0.2, -0.15) is 0 Å². The maximum absolute atomic E-state index is 5.77. The average Bonchev–Trinajstić information content (AvgIpc) is 2.47. The molecule has 0 amide bonds. The van der Waals surface area contributed by atoms with Gasteiger partial charge in [-0.05, 0) is 30.7 Å². The molecule has 0 radical (unpaired) electrons. The molecule has 0 spiro atoms. The third-order valence-electron chi connectivity index (χ3n) is 2.80. The van der Waals surface area contributed by atoms with Crippen LogP contribution in [0.2, 0.25) is 0 Å². The molecule has 2 aromatic carbocycles. The summed E-state index contributed by atoms with van der Waals surface area (Å²) in [6.45, 7) is 2.71. The number of para-hydroxylation sites is 1. The van der Waals surface area contributed by atoms with Gasteiger partial charge < -0.3 is 10.1 Å². The minimum absolute atomic E-state index is 0.624. The number of benzene rings is 2. The largest absolute Gasteiger partial charge is 0.487 e. The Morgan fingerprint density at radius 2 is 1.94 bits per heavy atom. The van der Waals surface area contributed by atoms with Crippen LogP contribution in [0, 0.1) is 6.92 Å². The quantitative estimate of drug-likeness (QED) is 0.718. The lowest BCUT2D eigenvalue weighted by atomic mass is 10.2. The lowest BCUT2D eigenvalue weighted by Crippen LogP contribution is -1.93. The first kappa shape index (κ1) is 9.28. The summed E-state index contributed by atoms with van der Waals surface area (Å²) in [4.78, 5) is 0. The van der Waals surface area contributed by atoms with Gasteiger partial charge in [0, 0.05) is 11.3 Å². The van der Waals surface area contributed by atoms with Crippen LogP contribution in [0.25, 0.3) is 0 Å². The minimum Gasteiger partial charge on any atom is -0.487 e. The number of hydrogen-bond acceptors (Lipinski definition) is 2. The molecular weight excluding hydrogens is 198 g/mol. The average molecular weight is 211 g/mol. The van der Waals surface area contributed by atoms with Crippen molar-refractivity contribution in [2.24, 2.45) is 0 Å². The molecule has 80 valence electrons. The summed E-state index contributed by atoms with van der Waals surface area (Å²) in [6, 6.07) is 14.4. The Balaban J connectivity index is 2.10. The molecule has 1 aliphatic rings. The maximum atomic E-state index is 5.77. The molecule has 1 N–H and O–H groups in total. The second kappa shape index (κ2) is 3.56. The van der Waals surface area contributed by atoms with Crippen LogP contribution >= 0.6 is 0 Å². The summed E-state index contributed by atoms with van der Waals surface area (Å²) in [7, 11) is 0. The molecule has 3 rings (SSSR count). The predicted octanol–water partition coefficient (Wildman–Crippen LogP) is 3.63. The highest BCUT2D eigenvalue weighted by molar-refractivity contribution is 5.70. The van der Waals surface area contributed by atoms with Crippen LogP contribution in [0.15, 0.2) is 42.5 Å². The zero-order valence-electron chi connectivity index (χ0n) is 9.16. The molecule has 0 aliphatic carbocycles. The van der Waals surface area contributed by atoms with Crippen LogP contribution in [-0.2, 0) is 6.61 Å². The van der Waals surface area contributed by atoms with E-state index in [1.165, 1.54) is 11.1 Å². The molecule has 0 saturated heterocycles. The van der Waals surface area contributed by atoms with Crippen LogP contribution in [-0.4, -0.2) is 0 Å². The summed E-state index contributed by atoms with van der Waals surface area (Å²) in [6.07, 6.45) is 0. The van der Waals surface area contributed by atoms with Crippen molar-refractivity contribution in [2.45, 2.75) is 13.5 Å². The lowest BCUT2D eigenvalue weighted by molar-refractivity contribution is 0.310. The predicted molar refractivity (Wildman–Crippen MR) is 65.2 cm³/mol. The third kappa shape index (κ3) is 1.52. The smallest absolute Gasteiger partial charge is 0.143 e. The van der Waals surface area contributed by atoms with Crippen molar-refractivity contribution in [3.8, 4) is 5.75 Å². The molecule has 0 bridgehead atoms. The Labute approximate surface area is 94.9 Å². The van der Waals surface area contributed by atoms with Crippen molar-refractivity contribution in [3.05, 3.63) is 53.6 Å². The van der Waals surface area contributed by atoms with Gasteiger partial charge in [0.05, 0.1) is 5.69 Å². The summed E-state index contributed by atoms with van der Waals surface area (Å²) in [5.74, 6) is 0.918. The van der Waals surface area contributed by atoms with E-state index < -0.39 is 0 Å². The first-order valence-corrected chi connectivity index (χ1v) is 5.41. The normalized spacial score (nSPS) is 12.8. The Bertz CT molecular complexity index is 534. The number of fused-ring (bicyclic) bond motifs is 2. The molecule has 0 saturated carbocycles. The Morgan fingerprint density at radius 3 is 2.88 bits per heavy atom. The molecule has 1 aliphatic heterocycles.